The van der Waals surface area contributed by atoms with E-state index in [9.17, 15) is 0 Å². The average Bonchev–Trinajstić information content (AvgIpc) is 3.03. The van der Waals surface area contributed by atoms with E-state index in [4.69, 9.17) is 9.72 Å². The summed E-state index contributed by atoms with van der Waals surface area (Å²) in [7, 11) is 3.83. The molecule has 0 bridgehead atoms. The number of para-hydroxylation sites is 2. The summed E-state index contributed by atoms with van der Waals surface area (Å²) in [4.78, 5) is 9.90. The fourth-order valence-electron chi connectivity index (χ4n) is 3.79. The molecular formula is C22H28N4O. The van der Waals surface area contributed by atoms with Crippen LogP contribution in [0.15, 0.2) is 48.5 Å². The molecule has 27 heavy (non-hydrogen) atoms. The first-order valence-corrected chi connectivity index (χ1v) is 9.71. The lowest BCUT2D eigenvalue weighted by molar-refractivity contribution is 0.125. The van der Waals surface area contributed by atoms with E-state index in [1.54, 1.807) is 7.11 Å². The van der Waals surface area contributed by atoms with Gasteiger partial charge >= 0.3 is 0 Å². The lowest BCUT2D eigenvalue weighted by atomic mass is 10.1. The summed E-state index contributed by atoms with van der Waals surface area (Å²) in [6, 6.07) is 16.8. The normalized spacial score (nSPS) is 16.1. The Morgan fingerprint density at radius 1 is 0.926 bits per heavy atom. The number of imidazole rings is 1. The molecule has 0 unspecified atom stereocenters. The smallest absolute Gasteiger partial charge is 0.123 e. The quantitative estimate of drug-likeness (QED) is 0.673. The molecule has 3 aromatic rings. The highest BCUT2D eigenvalue weighted by molar-refractivity contribution is 5.75. The van der Waals surface area contributed by atoms with Crippen LogP contribution in [0, 0.1) is 0 Å². The predicted octanol–water partition coefficient (Wildman–Crippen LogP) is 2.94. The van der Waals surface area contributed by atoms with Crippen molar-refractivity contribution in [1.82, 2.24) is 19.4 Å². The van der Waals surface area contributed by atoms with Crippen LogP contribution in [0.4, 0.5) is 0 Å². The fourth-order valence-corrected chi connectivity index (χ4v) is 3.79. The van der Waals surface area contributed by atoms with Crippen LogP contribution in [-0.4, -0.2) is 59.2 Å². The van der Waals surface area contributed by atoms with Gasteiger partial charge in [-0.05, 0) is 36.2 Å². The average molecular weight is 364 g/mol. The molecule has 5 nitrogen and oxygen atoms in total. The van der Waals surface area contributed by atoms with Crippen molar-refractivity contribution >= 4 is 11.0 Å². The summed E-state index contributed by atoms with van der Waals surface area (Å²) in [5.74, 6) is 2.08. The standard InChI is InChI=1S/C22H28N4O/c1-24-21-6-4-3-5-20(21)23-22(24)17-26-15-13-25(14-16-26)12-11-18-7-9-19(27-2)10-8-18/h3-10H,11-17H2,1-2H3. The van der Waals surface area contributed by atoms with E-state index in [-0.39, 0.29) is 0 Å². The van der Waals surface area contributed by atoms with E-state index < -0.39 is 0 Å². The van der Waals surface area contributed by atoms with Crippen LogP contribution in [0.25, 0.3) is 11.0 Å². The third kappa shape index (κ3) is 4.15. The Labute approximate surface area is 161 Å². The molecule has 1 saturated heterocycles. The third-order valence-electron chi connectivity index (χ3n) is 5.59. The molecule has 0 spiro atoms. The number of piperazine rings is 1. The number of hydrogen-bond donors (Lipinski definition) is 0. The summed E-state index contributed by atoms with van der Waals surface area (Å²) in [5.41, 5.74) is 3.68. The van der Waals surface area contributed by atoms with Crippen LogP contribution in [0.3, 0.4) is 0 Å². The summed E-state index contributed by atoms with van der Waals surface area (Å²) < 4.78 is 7.46. The minimum Gasteiger partial charge on any atom is -0.497 e. The number of nitrogens with zero attached hydrogens (tertiary/aromatic N) is 4. The Kier molecular flexibility index (Phi) is 5.41. The van der Waals surface area contributed by atoms with E-state index >= 15 is 0 Å². The van der Waals surface area contributed by atoms with Gasteiger partial charge in [-0.15, -0.1) is 0 Å². The minimum absolute atomic E-state index is 0.925. The number of hydrogen-bond acceptors (Lipinski definition) is 4. The maximum Gasteiger partial charge on any atom is 0.123 e. The maximum absolute atomic E-state index is 5.23. The van der Waals surface area contributed by atoms with Gasteiger partial charge in [0.05, 0.1) is 24.7 Å². The van der Waals surface area contributed by atoms with Gasteiger partial charge < -0.3 is 14.2 Å². The van der Waals surface area contributed by atoms with Gasteiger partial charge in [-0.3, -0.25) is 4.90 Å². The zero-order chi connectivity index (χ0) is 18.6. The van der Waals surface area contributed by atoms with Gasteiger partial charge in [0, 0.05) is 39.8 Å². The molecule has 5 heteroatoms. The molecule has 0 radical (unpaired) electrons. The van der Waals surface area contributed by atoms with Crippen LogP contribution in [0.5, 0.6) is 5.75 Å². The molecule has 0 aliphatic carbocycles. The Bertz CT molecular complexity index is 879. The van der Waals surface area contributed by atoms with Gasteiger partial charge in [0.25, 0.3) is 0 Å². The highest BCUT2D eigenvalue weighted by atomic mass is 16.5. The molecule has 1 fully saturated rings. The molecule has 0 saturated carbocycles. The van der Waals surface area contributed by atoms with Crippen LogP contribution in [0.1, 0.15) is 11.4 Å². The second-order valence-corrected chi connectivity index (χ2v) is 7.29. The molecule has 142 valence electrons. The van der Waals surface area contributed by atoms with E-state index in [1.165, 1.54) is 11.1 Å². The number of ether oxygens (including phenoxy) is 1. The first-order chi connectivity index (χ1) is 13.2. The first-order valence-electron chi connectivity index (χ1n) is 9.71. The van der Waals surface area contributed by atoms with Gasteiger partial charge in [0.2, 0.25) is 0 Å². The number of benzene rings is 2. The van der Waals surface area contributed by atoms with Crippen molar-refractivity contribution in [3.05, 3.63) is 59.9 Å². The summed E-state index contributed by atoms with van der Waals surface area (Å²) in [6.45, 7) is 6.50. The number of methoxy groups -OCH3 is 1. The predicted molar refractivity (Wildman–Crippen MR) is 109 cm³/mol. The highest BCUT2D eigenvalue weighted by Crippen LogP contribution is 2.17. The molecule has 0 atom stereocenters. The van der Waals surface area contributed by atoms with E-state index in [0.29, 0.717) is 0 Å². The molecule has 1 aliphatic heterocycles. The van der Waals surface area contributed by atoms with E-state index in [0.717, 1.165) is 62.8 Å². The molecule has 0 N–H and O–H groups in total. The van der Waals surface area contributed by atoms with E-state index in [1.807, 2.05) is 12.1 Å². The second-order valence-electron chi connectivity index (χ2n) is 7.29. The second kappa shape index (κ2) is 8.11. The summed E-state index contributed by atoms with van der Waals surface area (Å²) >= 11 is 0. The monoisotopic (exact) mass is 364 g/mol. The highest BCUT2D eigenvalue weighted by Gasteiger charge is 2.19. The fraction of sp³-hybridized carbons (Fsp3) is 0.409. The summed E-state index contributed by atoms with van der Waals surface area (Å²) in [6.07, 6.45) is 1.09. The molecular weight excluding hydrogens is 336 g/mol. The zero-order valence-corrected chi connectivity index (χ0v) is 16.3. The lowest BCUT2D eigenvalue weighted by Crippen LogP contribution is -2.46. The number of rotatable bonds is 6. The third-order valence-corrected chi connectivity index (χ3v) is 5.59. The number of aromatic nitrogens is 2. The first kappa shape index (κ1) is 18.0. The van der Waals surface area contributed by atoms with E-state index in [2.05, 4.69) is 57.8 Å². The van der Waals surface area contributed by atoms with Gasteiger partial charge in [0.15, 0.2) is 0 Å². The molecule has 0 amide bonds. The minimum atomic E-state index is 0.925. The van der Waals surface area contributed by atoms with Crippen LogP contribution >= 0.6 is 0 Å². The lowest BCUT2D eigenvalue weighted by Gasteiger charge is -2.34. The van der Waals surface area contributed by atoms with Crippen LogP contribution < -0.4 is 4.74 Å². The number of fused-ring (bicyclic) bond motifs is 1. The van der Waals surface area contributed by atoms with Crippen molar-refractivity contribution in [2.75, 3.05) is 39.8 Å². The van der Waals surface area contributed by atoms with Crippen LogP contribution in [-0.2, 0) is 20.0 Å². The Balaban J connectivity index is 1.27. The molecule has 2 aromatic carbocycles. The van der Waals surface area contributed by atoms with Crippen molar-refractivity contribution in [3.63, 3.8) is 0 Å². The van der Waals surface area contributed by atoms with Crippen molar-refractivity contribution < 1.29 is 4.74 Å². The van der Waals surface area contributed by atoms with Crippen molar-refractivity contribution in [2.45, 2.75) is 13.0 Å². The molecule has 1 aromatic heterocycles. The number of aryl methyl sites for hydroxylation is 1. The van der Waals surface area contributed by atoms with Crippen molar-refractivity contribution in [2.24, 2.45) is 7.05 Å². The Morgan fingerprint density at radius 3 is 2.33 bits per heavy atom. The zero-order valence-electron chi connectivity index (χ0n) is 16.3. The van der Waals surface area contributed by atoms with Gasteiger partial charge in [-0.2, -0.15) is 0 Å². The Hall–Kier alpha value is -2.37. The SMILES string of the molecule is COc1ccc(CCN2CCN(Cc3nc4ccccc4n3C)CC2)cc1. The summed E-state index contributed by atoms with van der Waals surface area (Å²) in [5, 5.41) is 0. The molecule has 4 rings (SSSR count). The van der Waals surface area contributed by atoms with Crippen molar-refractivity contribution in [1.29, 1.82) is 0 Å². The topological polar surface area (TPSA) is 33.5 Å². The Morgan fingerprint density at radius 2 is 1.63 bits per heavy atom. The van der Waals surface area contributed by atoms with Gasteiger partial charge in [-0.25, -0.2) is 4.98 Å². The molecule has 1 aliphatic rings. The van der Waals surface area contributed by atoms with Crippen molar-refractivity contribution in [3.8, 4) is 5.75 Å². The largest absolute Gasteiger partial charge is 0.497 e. The van der Waals surface area contributed by atoms with Gasteiger partial charge in [-0.1, -0.05) is 24.3 Å². The maximum atomic E-state index is 5.23. The van der Waals surface area contributed by atoms with Gasteiger partial charge in [0.1, 0.15) is 11.6 Å². The van der Waals surface area contributed by atoms with Crippen LogP contribution in [0.2, 0.25) is 0 Å². The molecule has 2 heterocycles.